The number of hydrogen-bond donors (Lipinski definition) is 1. The van der Waals surface area contributed by atoms with E-state index in [1.807, 2.05) is 31.2 Å². The van der Waals surface area contributed by atoms with E-state index in [0.29, 0.717) is 0 Å². The Hall–Kier alpha value is -1.48. The topological polar surface area (TPSA) is 46.5 Å². The van der Waals surface area contributed by atoms with E-state index in [1.165, 1.54) is 0 Å². The molecule has 0 aromatic heterocycles. The van der Waals surface area contributed by atoms with Crippen molar-refractivity contribution in [1.29, 1.82) is 0 Å². The molecule has 0 saturated heterocycles. The Bertz CT molecular complexity index is 386. The SMILES string of the molecule is C/C=C/c1cc(Cl)c(CC)c(OC)c1.O=CO. The molecule has 17 heavy (non-hydrogen) atoms. The largest absolute Gasteiger partial charge is 0.496 e. The van der Waals surface area contributed by atoms with Crippen LogP contribution in [0.4, 0.5) is 0 Å². The van der Waals surface area contributed by atoms with Gasteiger partial charge in [0.25, 0.3) is 6.47 Å². The first-order valence-electron chi connectivity index (χ1n) is 5.21. The van der Waals surface area contributed by atoms with Crippen LogP contribution in [0.2, 0.25) is 5.02 Å². The lowest BCUT2D eigenvalue weighted by atomic mass is 10.1. The Morgan fingerprint density at radius 1 is 1.47 bits per heavy atom. The van der Waals surface area contributed by atoms with Crippen molar-refractivity contribution >= 4 is 24.1 Å². The molecule has 0 atom stereocenters. The maximum Gasteiger partial charge on any atom is 0.290 e. The number of rotatable bonds is 3. The molecule has 0 aliphatic carbocycles. The molecule has 0 amide bonds. The molecule has 1 aromatic carbocycles. The minimum atomic E-state index is -0.250. The molecule has 0 aliphatic rings. The minimum absolute atomic E-state index is 0.250. The van der Waals surface area contributed by atoms with Crippen molar-refractivity contribution in [1.82, 2.24) is 0 Å². The summed E-state index contributed by atoms with van der Waals surface area (Å²) in [5.41, 5.74) is 2.15. The van der Waals surface area contributed by atoms with Crippen molar-refractivity contribution in [3.8, 4) is 5.75 Å². The van der Waals surface area contributed by atoms with Gasteiger partial charge in [-0.2, -0.15) is 0 Å². The van der Waals surface area contributed by atoms with Crippen molar-refractivity contribution in [3.05, 3.63) is 34.4 Å². The van der Waals surface area contributed by atoms with Crippen LogP contribution in [-0.2, 0) is 11.2 Å². The van der Waals surface area contributed by atoms with E-state index < -0.39 is 0 Å². The molecule has 4 heteroatoms. The lowest BCUT2D eigenvalue weighted by Gasteiger charge is -2.09. The molecule has 1 N–H and O–H groups in total. The van der Waals surface area contributed by atoms with Crippen LogP contribution in [-0.4, -0.2) is 18.7 Å². The zero-order valence-electron chi connectivity index (χ0n) is 10.2. The molecule has 0 saturated carbocycles. The lowest BCUT2D eigenvalue weighted by molar-refractivity contribution is -0.122. The summed E-state index contributed by atoms with van der Waals surface area (Å²) in [6, 6.07) is 3.97. The average molecular weight is 257 g/mol. The van der Waals surface area contributed by atoms with Gasteiger partial charge in [-0.3, -0.25) is 4.79 Å². The highest BCUT2D eigenvalue weighted by Crippen LogP contribution is 2.29. The zero-order chi connectivity index (χ0) is 13.3. The monoisotopic (exact) mass is 256 g/mol. The summed E-state index contributed by atoms with van der Waals surface area (Å²) >= 11 is 6.14. The van der Waals surface area contributed by atoms with Crippen LogP contribution in [0.25, 0.3) is 6.08 Å². The smallest absolute Gasteiger partial charge is 0.290 e. The third-order valence-corrected chi connectivity index (χ3v) is 2.45. The fourth-order valence-electron chi connectivity index (χ4n) is 1.45. The van der Waals surface area contributed by atoms with Crippen molar-refractivity contribution in [2.24, 2.45) is 0 Å². The average Bonchev–Trinajstić information content (AvgIpc) is 2.29. The van der Waals surface area contributed by atoms with Crippen LogP contribution < -0.4 is 4.74 Å². The summed E-state index contributed by atoms with van der Waals surface area (Å²) in [7, 11) is 1.67. The Morgan fingerprint density at radius 2 is 2.06 bits per heavy atom. The van der Waals surface area contributed by atoms with Crippen molar-refractivity contribution < 1.29 is 14.6 Å². The predicted molar refractivity (Wildman–Crippen MR) is 70.8 cm³/mol. The van der Waals surface area contributed by atoms with E-state index in [4.69, 9.17) is 26.2 Å². The van der Waals surface area contributed by atoms with Crippen LogP contribution in [0.15, 0.2) is 18.2 Å². The Balaban J connectivity index is 0.000000770. The number of methoxy groups -OCH3 is 1. The van der Waals surface area contributed by atoms with Crippen LogP contribution >= 0.6 is 11.6 Å². The summed E-state index contributed by atoms with van der Waals surface area (Å²) in [5.74, 6) is 0.869. The quantitative estimate of drug-likeness (QED) is 0.840. The molecule has 94 valence electrons. The molecule has 1 aromatic rings. The molecule has 0 unspecified atom stereocenters. The summed E-state index contributed by atoms with van der Waals surface area (Å²) in [6.07, 6.45) is 4.88. The number of carboxylic acid groups (broad SMARTS) is 1. The molecular formula is C13H17ClO3. The molecule has 0 spiro atoms. The number of halogens is 1. The third kappa shape index (κ3) is 4.91. The molecule has 0 heterocycles. The van der Waals surface area contributed by atoms with Crippen LogP contribution in [0, 0.1) is 0 Å². The second kappa shape index (κ2) is 8.65. The van der Waals surface area contributed by atoms with E-state index in [9.17, 15) is 0 Å². The van der Waals surface area contributed by atoms with Crippen LogP contribution in [0.1, 0.15) is 25.0 Å². The van der Waals surface area contributed by atoms with Gasteiger partial charge in [0.15, 0.2) is 0 Å². The predicted octanol–water partition coefficient (Wildman–Crippen LogP) is 3.64. The molecular weight excluding hydrogens is 240 g/mol. The van der Waals surface area contributed by atoms with Gasteiger partial charge in [-0.25, -0.2) is 0 Å². The van der Waals surface area contributed by atoms with E-state index in [-0.39, 0.29) is 6.47 Å². The first kappa shape index (κ1) is 15.5. The van der Waals surface area contributed by atoms with Crippen molar-refractivity contribution in [2.75, 3.05) is 7.11 Å². The van der Waals surface area contributed by atoms with Gasteiger partial charge in [-0.1, -0.05) is 30.7 Å². The highest BCUT2D eigenvalue weighted by molar-refractivity contribution is 6.31. The normalized spacial score (nSPS) is 9.65. The maximum atomic E-state index is 8.36. The van der Waals surface area contributed by atoms with Gasteiger partial charge in [0.2, 0.25) is 0 Å². The molecule has 3 nitrogen and oxygen atoms in total. The highest BCUT2D eigenvalue weighted by atomic mass is 35.5. The maximum absolute atomic E-state index is 8.36. The summed E-state index contributed by atoms with van der Waals surface area (Å²) in [5, 5.41) is 7.67. The van der Waals surface area contributed by atoms with Gasteiger partial charge in [0, 0.05) is 10.6 Å². The first-order valence-corrected chi connectivity index (χ1v) is 5.59. The van der Waals surface area contributed by atoms with Crippen LogP contribution in [0.5, 0.6) is 5.75 Å². The number of hydrogen-bond acceptors (Lipinski definition) is 2. The van der Waals surface area contributed by atoms with Crippen molar-refractivity contribution in [3.63, 3.8) is 0 Å². The van der Waals surface area contributed by atoms with Gasteiger partial charge in [0.05, 0.1) is 7.11 Å². The second-order valence-corrected chi connectivity index (χ2v) is 3.55. The number of benzene rings is 1. The van der Waals surface area contributed by atoms with Gasteiger partial charge < -0.3 is 9.84 Å². The number of ether oxygens (including phenoxy) is 1. The summed E-state index contributed by atoms with van der Waals surface area (Å²) in [4.78, 5) is 8.36. The lowest BCUT2D eigenvalue weighted by Crippen LogP contribution is -1.92. The fourth-order valence-corrected chi connectivity index (χ4v) is 1.80. The van der Waals surface area contributed by atoms with E-state index in [2.05, 4.69) is 6.92 Å². The Kier molecular flexibility index (Phi) is 7.89. The Labute approximate surface area is 107 Å². The van der Waals surface area contributed by atoms with Gasteiger partial charge in [-0.05, 0) is 31.0 Å². The molecule has 0 aliphatic heterocycles. The number of allylic oxidation sites excluding steroid dienone is 1. The standard InChI is InChI=1S/C12H15ClO.CH2O2/c1-4-6-9-7-11(13)10(5-2)12(8-9)14-3;2-1-3/h4,6-8H,5H2,1-3H3;1H,(H,2,3)/b6-4+;. The summed E-state index contributed by atoms with van der Waals surface area (Å²) < 4.78 is 5.29. The minimum Gasteiger partial charge on any atom is -0.496 e. The van der Waals surface area contributed by atoms with Gasteiger partial charge in [0.1, 0.15) is 5.75 Å². The molecule has 0 fully saturated rings. The van der Waals surface area contributed by atoms with E-state index >= 15 is 0 Å². The number of carbonyl (C=O) groups is 1. The molecule has 0 bridgehead atoms. The first-order chi connectivity index (χ1) is 8.14. The van der Waals surface area contributed by atoms with Gasteiger partial charge in [-0.15, -0.1) is 0 Å². The van der Waals surface area contributed by atoms with Gasteiger partial charge >= 0.3 is 0 Å². The van der Waals surface area contributed by atoms with Crippen molar-refractivity contribution in [2.45, 2.75) is 20.3 Å². The third-order valence-electron chi connectivity index (χ3n) is 2.11. The van der Waals surface area contributed by atoms with E-state index in [1.54, 1.807) is 7.11 Å². The summed E-state index contributed by atoms with van der Waals surface area (Å²) in [6.45, 7) is 3.80. The molecule has 1 rings (SSSR count). The molecule has 0 radical (unpaired) electrons. The van der Waals surface area contributed by atoms with Crippen LogP contribution in [0.3, 0.4) is 0 Å². The zero-order valence-corrected chi connectivity index (χ0v) is 11.0. The second-order valence-electron chi connectivity index (χ2n) is 3.14. The Morgan fingerprint density at radius 3 is 2.47 bits per heavy atom. The highest BCUT2D eigenvalue weighted by Gasteiger charge is 2.06. The van der Waals surface area contributed by atoms with E-state index in [0.717, 1.165) is 28.3 Å². The fraction of sp³-hybridized carbons (Fsp3) is 0.308.